The fourth-order valence-corrected chi connectivity index (χ4v) is 1.91. The summed E-state index contributed by atoms with van der Waals surface area (Å²) in [6.45, 7) is 10.4. The highest BCUT2D eigenvalue weighted by Crippen LogP contribution is 2.24. The van der Waals surface area contributed by atoms with Crippen molar-refractivity contribution in [2.45, 2.75) is 52.6 Å². The number of benzene rings is 1. The van der Waals surface area contributed by atoms with Crippen molar-refractivity contribution < 1.29 is 4.74 Å². The van der Waals surface area contributed by atoms with Gasteiger partial charge >= 0.3 is 0 Å². The number of nitrogens with one attached hydrogen (secondary N) is 1. The molecule has 2 nitrogen and oxygen atoms in total. The minimum absolute atomic E-state index is 0.157. The van der Waals surface area contributed by atoms with Crippen molar-refractivity contribution in [3.8, 4) is 5.75 Å². The molecule has 0 heterocycles. The second-order valence-electron chi connectivity index (χ2n) is 5.19. The van der Waals surface area contributed by atoms with E-state index in [1.54, 1.807) is 0 Å². The van der Waals surface area contributed by atoms with E-state index in [0.717, 1.165) is 36.2 Å². The van der Waals surface area contributed by atoms with E-state index < -0.39 is 0 Å². The second kappa shape index (κ2) is 7.15. The molecule has 0 amide bonds. The van der Waals surface area contributed by atoms with Crippen molar-refractivity contribution in [2.75, 3.05) is 6.61 Å². The van der Waals surface area contributed by atoms with E-state index in [4.69, 9.17) is 4.74 Å². The smallest absolute Gasteiger partial charge is 0.123 e. The predicted molar refractivity (Wildman–Crippen MR) is 81.1 cm³/mol. The Hall–Kier alpha value is -0.540. The fourth-order valence-electron chi connectivity index (χ4n) is 1.50. The van der Waals surface area contributed by atoms with Crippen LogP contribution in [0.2, 0.25) is 0 Å². The van der Waals surface area contributed by atoms with Gasteiger partial charge in [0, 0.05) is 22.1 Å². The number of rotatable bonds is 7. The van der Waals surface area contributed by atoms with E-state index >= 15 is 0 Å². The lowest BCUT2D eigenvalue weighted by Gasteiger charge is -2.25. The summed E-state index contributed by atoms with van der Waals surface area (Å²) in [4.78, 5) is 0. The molecule has 102 valence electrons. The van der Waals surface area contributed by atoms with Crippen LogP contribution in [-0.2, 0) is 6.54 Å². The summed E-state index contributed by atoms with van der Waals surface area (Å²) < 4.78 is 6.87. The Kier molecular flexibility index (Phi) is 6.16. The number of hydrogen-bond donors (Lipinski definition) is 1. The fraction of sp³-hybridized carbons (Fsp3) is 0.600. The molecule has 0 saturated carbocycles. The van der Waals surface area contributed by atoms with Crippen LogP contribution < -0.4 is 10.1 Å². The number of hydrogen-bond acceptors (Lipinski definition) is 2. The molecule has 0 spiro atoms. The summed E-state index contributed by atoms with van der Waals surface area (Å²) in [5, 5.41) is 3.57. The quantitative estimate of drug-likeness (QED) is 0.799. The molecule has 0 aliphatic rings. The molecule has 1 rings (SSSR count). The molecule has 3 heteroatoms. The van der Waals surface area contributed by atoms with E-state index in [-0.39, 0.29) is 5.54 Å². The Morgan fingerprint density at radius 3 is 2.61 bits per heavy atom. The molecule has 0 aliphatic heterocycles. The third kappa shape index (κ3) is 4.99. The zero-order valence-corrected chi connectivity index (χ0v) is 13.4. The van der Waals surface area contributed by atoms with Crippen LogP contribution in [0.1, 0.15) is 46.1 Å². The molecule has 0 bridgehead atoms. The van der Waals surface area contributed by atoms with Crippen LogP contribution in [0.5, 0.6) is 5.75 Å². The molecule has 0 radical (unpaired) electrons. The van der Waals surface area contributed by atoms with Gasteiger partial charge in [0.15, 0.2) is 0 Å². The molecule has 1 aromatic rings. The van der Waals surface area contributed by atoms with E-state index in [9.17, 15) is 0 Å². The van der Waals surface area contributed by atoms with Crippen LogP contribution in [-0.4, -0.2) is 12.1 Å². The Bertz CT molecular complexity index is 377. The summed E-state index contributed by atoms with van der Waals surface area (Å²) in [5.41, 5.74) is 1.36. The summed E-state index contributed by atoms with van der Waals surface area (Å²) >= 11 is 3.52. The number of halogens is 1. The van der Waals surface area contributed by atoms with Crippen molar-refractivity contribution in [1.82, 2.24) is 5.32 Å². The Balaban J connectivity index is 2.75. The average molecular weight is 314 g/mol. The van der Waals surface area contributed by atoms with Gasteiger partial charge in [-0.2, -0.15) is 0 Å². The van der Waals surface area contributed by atoms with Gasteiger partial charge in [-0.25, -0.2) is 0 Å². The van der Waals surface area contributed by atoms with E-state index in [2.05, 4.69) is 55.0 Å². The highest BCUT2D eigenvalue weighted by Gasteiger charge is 2.15. The summed E-state index contributed by atoms with van der Waals surface area (Å²) in [6, 6.07) is 6.19. The molecular weight excluding hydrogens is 290 g/mol. The van der Waals surface area contributed by atoms with Crippen LogP contribution in [0.3, 0.4) is 0 Å². The molecule has 1 N–H and O–H groups in total. The first-order chi connectivity index (χ1) is 8.48. The SMILES string of the molecule is CCCOc1ccc(Br)cc1CNC(C)(C)CC. The molecule has 0 saturated heterocycles. The lowest BCUT2D eigenvalue weighted by Crippen LogP contribution is -2.37. The first-order valence-electron chi connectivity index (χ1n) is 6.64. The standard InChI is InChI=1S/C15H24BrNO/c1-5-9-18-14-8-7-13(16)10-12(14)11-17-15(3,4)6-2/h7-8,10,17H,5-6,9,11H2,1-4H3. The van der Waals surface area contributed by atoms with E-state index in [0.29, 0.717) is 0 Å². The summed E-state index contributed by atoms with van der Waals surface area (Å²) in [5.74, 6) is 0.986. The van der Waals surface area contributed by atoms with E-state index in [1.165, 1.54) is 5.56 Å². The molecule has 0 aliphatic carbocycles. The topological polar surface area (TPSA) is 21.3 Å². The Morgan fingerprint density at radius 1 is 1.28 bits per heavy atom. The summed E-state index contributed by atoms with van der Waals surface area (Å²) in [7, 11) is 0. The monoisotopic (exact) mass is 313 g/mol. The van der Waals surface area contributed by atoms with Crippen LogP contribution in [0.25, 0.3) is 0 Å². The molecule has 1 aromatic carbocycles. The van der Waals surface area contributed by atoms with Crippen LogP contribution in [0.15, 0.2) is 22.7 Å². The molecular formula is C15H24BrNO. The average Bonchev–Trinajstić information content (AvgIpc) is 2.35. The first-order valence-corrected chi connectivity index (χ1v) is 7.44. The maximum atomic E-state index is 5.78. The Morgan fingerprint density at radius 2 is 2.00 bits per heavy atom. The van der Waals surface area contributed by atoms with Gasteiger partial charge < -0.3 is 10.1 Å². The third-order valence-electron chi connectivity index (χ3n) is 3.13. The van der Waals surface area contributed by atoms with Gasteiger partial charge in [-0.05, 0) is 44.9 Å². The van der Waals surface area contributed by atoms with Gasteiger partial charge in [0.25, 0.3) is 0 Å². The third-order valence-corrected chi connectivity index (χ3v) is 3.62. The molecule has 0 atom stereocenters. The van der Waals surface area contributed by atoms with Gasteiger partial charge in [0.1, 0.15) is 5.75 Å². The van der Waals surface area contributed by atoms with Gasteiger partial charge in [0.05, 0.1) is 6.61 Å². The van der Waals surface area contributed by atoms with Crippen molar-refractivity contribution in [3.63, 3.8) is 0 Å². The van der Waals surface area contributed by atoms with Gasteiger partial charge in [-0.15, -0.1) is 0 Å². The second-order valence-corrected chi connectivity index (χ2v) is 6.11. The van der Waals surface area contributed by atoms with Gasteiger partial charge in [-0.1, -0.05) is 29.8 Å². The lowest BCUT2D eigenvalue weighted by molar-refractivity contribution is 0.309. The van der Waals surface area contributed by atoms with E-state index in [1.807, 2.05) is 12.1 Å². The minimum atomic E-state index is 0.157. The summed E-state index contributed by atoms with van der Waals surface area (Å²) in [6.07, 6.45) is 2.13. The van der Waals surface area contributed by atoms with Crippen molar-refractivity contribution in [1.29, 1.82) is 0 Å². The highest BCUT2D eigenvalue weighted by atomic mass is 79.9. The van der Waals surface area contributed by atoms with Crippen LogP contribution in [0.4, 0.5) is 0 Å². The predicted octanol–water partition coefficient (Wildman–Crippen LogP) is 4.52. The zero-order valence-electron chi connectivity index (χ0n) is 11.8. The highest BCUT2D eigenvalue weighted by molar-refractivity contribution is 9.10. The normalized spacial score (nSPS) is 11.6. The largest absolute Gasteiger partial charge is 0.493 e. The van der Waals surface area contributed by atoms with Crippen molar-refractivity contribution in [2.24, 2.45) is 0 Å². The Labute approximate surface area is 119 Å². The zero-order chi connectivity index (χ0) is 13.6. The number of ether oxygens (including phenoxy) is 1. The lowest BCUT2D eigenvalue weighted by atomic mass is 10.0. The first kappa shape index (κ1) is 15.5. The van der Waals surface area contributed by atoms with Crippen molar-refractivity contribution >= 4 is 15.9 Å². The minimum Gasteiger partial charge on any atom is -0.493 e. The van der Waals surface area contributed by atoms with Gasteiger partial charge in [-0.3, -0.25) is 0 Å². The molecule has 18 heavy (non-hydrogen) atoms. The molecule has 0 aromatic heterocycles. The molecule has 0 fully saturated rings. The van der Waals surface area contributed by atoms with Crippen LogP contribution in [0, 0.1) is 0 Å². The van der Waals surface area contributed by atoms with Gasteiger partial charge in [0.2, 0.25) is 0 Å². The molecule has 0 unspecified atom stereocenters. The van der Waals surface area contributed by atoms with Crippen molar-refractivity contribution in [3.05, 3.63) is 28.2 Å². The maximum absolute atomic E-state index is 5.78. The van der Waals surface area contributed by atoms with Crippen LogP contribution >= 0.6 is 15.9 Å². The maximum Gasteiger partial charge on any atom is 0.123 e.